The van der Waals surface area contributed by atoms with E-state index in [1.807, 2.05) is 17.9 Å². The molecule has 2 aromatic carbocycles. The molecular weight excluding hydrogens is 510 g/mol. The second-order valence-corrected chi connectivity index (χ2v) is 11.1. The number of esters is 1. The van der Waals surface area contributed by atoms with E-state index in [4.69, 9.17) is 9.72 Å². The first-order valence-corrected chi connectivity index (χ1v) is 14.8. The average molecular weight is 546 g/mol. The number of piperidine rings is 1. The van der Waals surface area contributed by atoms with Gasteiger partial charge in [0.25, 0.3) is 0 Å². The number of thioether (sulfide) groups is 1. The summed E-state index contributed by atoms with van der Waals surface area (Å²) < 4.78 is 7.35. The fourth-order valence-corrected chi connectivity index (χ4v) is 5.95. The number of ether oxygens (including phenoxy) is 1. The number of fused-ring (bicyclic) bond motifs is 3. The Morgan fingerprint density at radius 3 is 2.62 bits per heavy atom. The van der Waals surface area contributed by atoms with E-state index in [1.165, 1.54) is 11.1 Å². The van der Waals surface area contributed by atoms with Gasteiger partial charge < -0.3 is 14.2 Å². The molecule has 0 unspecified atom stereocenters. The molecule has 1 aliphatic rings. The minimum absolute atomic E-state index is 0.0771. The third-order valence-corrected chi connectivity index (χ3v) is 8.19. The lowest BCUT2D eigenvalue weighted by Gasteiger charge is -2.31. The van der Waals surface area contributed by atoms with E-state index < -0.39 is 0 Å². The normalized spacial score (nSPS) is 14.3. The molecule has 0 radical (unpaired) electrons. The van der Waals surface area contributed by atoms with Gasteiger partial charge in [0, 0.05) is 37.2 Å². The molecule has 2 aromatic heterocycles. The quantitative estimate of drug-likeness (QED) is 0.150. The van der Waals surface area contributed by atoms with Crippen molar-refractivity contribution in [2.24, 2.45) is 5.92 Å². The number of nitrogens with zero attached hydrogens (tertiary/aromatic N) is 5. The molecule has 0 aliphatic carbocycles. The van der Waals surface area contributed by atoms with Crippen LogP contribution in [0.2, 0.25) is 0 Å². The summed E-state index contributed by atoms with van der Waals surface area (Å²) in [5.74, 6) is 0.782. The molecule has 0 spiro atoms. The van der Waals surface area contributed by atoms with Gasteiger partial charge >= 0.3 is 5.97 Å². The summed E-state index contributed by atoms with van der Waals surface area (Å²) >= 11 is 1.58. The van der Waals surface area contributed by atoms with Crippen LogP contribution in [0.3, 0.4) is 0 Å². The molecule has 0 bridgehead atoms. The highest BCUT2D eigenvalue weighted by Crippen LogP contribution is 2.29. The predicted molar refractivity (Wildman–Crippen MR) is 154 cm³/mol. The Morgan fingerprint density at radius 1 is 1.05 bits per heavy atom. The Hall–Kier alpha value is -3.46. The smallest absolute Gasteiger partial charge is 0.309 e. The maximum Gasteiger partial charge on any atom is 0.309 e. The highest BCUT2D eigenvalue weighted by atomic mass is 32.2. The van der Waals surface area contributed by atoms with Crippen LogP contribution in [0.1, 0.15) is 50.2 Å². The van der Waals surface area contributed by atoms with Crippen LogP contribution >= 0.6 is 11.8 Å². The molecule has 3 heterocycles. The number of hydrogen-bond donors (Lipinski definition) is 0. The third kappa shape index (κ3) is 6.41. The number of carbonyl (C=O) groups is 2. The predicted octanol–water partition coefficient (Wildman–Crippen LogP) is 5.40. The number of rotatable bonds is 10. The van der Waals surface area contributed by atoms with Crippen molar-refractivity contribution >= 4 is 45.7 Å². The van der Waals surface area contributed by atoms with E-state index in [0.717, 1.165) is 40.7 Å². The molecule has 39 heavy (non-hydrogen) atoms. The second-order valence-electron chi connectivity index (χ2n) is 10.1. The van der Waals surface area contributed by atoms with E-state index in [9.17, 15) is 9.59 Å². The fourth-order valence-electron chi connectivity index (χ4n) is 5.17. The minimum atomic E-state index is -0.132. The number of aryl methyl sites for hydroxylation is 1. The molecule has 1 fully saturated rings. The van der Waals surface area contributed by atoms with Crippen molar-refractivity contribution in [3.8, 4) is 0 Å². The summed E-state index contributed by atoms with van der Waals surface area (Å²) in [5.41, 5.74) is 5.16. The molecule has 8 nitrogen and oxygen atoms in total. The molecule has 204 valence electrons. The minimum Gasteiger partial charge on any atom is -0.466 e. The van der Waals surface area contributed by atoms with Crippen LogP contribution in [-0.2, 0) is 20.9 Å². The summed E-state index contributed by atoms with van der Waals surface area (Å²) in [6.07, 6.45) is 3.60. The Labute approximate surface area is 233 Å². The van der Waals surface area contributed by atoms with Crippen LogP contribution in [0.15, 0.2) is 53.7 Å². The number of hydrogen-bond acceptors (Lipinski definition) is 7. The average Bonchev–Trinajstić information content (AvgIpc) is 3.25. The summed E-state index contributed by atoms with van der Waals surface area (Å²) in [4.78, 5) is 31.4. The summed E-state index contributed by atoms with van der Waals surface area (Å²) in [5, 5.41) is 10.7. The van der Waals surface area contributed by atoms with Gasteiger partial charge in [0.15, 0.2) is 5.65 Å². The van der Waals surface area contributed by atoms with Crippen molar-refractivity contribution in [2.75, 3.05) is 25.4 Å². The van der Waals surface area contributed by atoms with Crippen LogP contribution in [0, 0.1) is 12.8 Å². The number of benzene rings is 2. The summed E-state index contributed by atoms with van der Waals surface area (Å²) in [6.45, 7) is 6.29. The van der Waals surface area contributed by atoms with E-state index in [-0.39, 0.29) is 17.8 Å². The van der Waals surface area contributed by atoms with Crippen molar-refractivity contribution in [3.05, 3.63) is 59.7 Å². The zero-order valence-electron chi connectivity index (χ0n) is 22.6. The van der Waals surface area contributed by atoms with Crippen LogP contribution in [0.5, 0.6) is 0 Å². The number of amides is 1. The first kappa shape index (κ1) is 27.1. The van der Waals surface area contributed by atoms with E-state index in [1.54, 1.807) is 11.8 Å². The molecule has 0 atom stereocenters. The van der Waals surface area contributed by atoms with Gasteiger partial charge in [-0.05, 0) is 57.2 Å². The van der Waals surface area contributed by atoms with Gasteiger partial charge in [-0.1, -0.05) is 53.7 Å². The lowest BCUT2D eigenvalue weighted by atomic mass is 9.96. The van der Waals surface area contributed by atoms with E-state index >= 15 is 0 Å². The summed E-state index contributed by atoms with van der Waals surface area (Å²) in [6, 6.07) is 16.8. The van der Waals surface area contributed by atoms with Crippen LogP contribution in [-0.4, -0.2) is 62.0 Å². The van der Waals surface area contributed by atoms with Gasteiger partial charge in [0.1, 0.15) is 5.52 Å². The molecular formula is C30H35N5O3S. The van der Waals surface area contributed by atoms with Crippen LogP contribution < -0.4 is 0 Å². The molecule has 1 amide bonds. The zero-order chi connectivity index (χ0) is 27.2. The van der Waals surface area contributed by atoms with Crippen molar-refractivity contribution in [1.29, 1.82) is 0 Å². The van der Waals surface area contributed by atoms with Crippen molar-refractivity contribution in [3.63, 3.8) is 0 Å². The molecule has 1 aliphatic heterocycles. The third-order valence-electron chi connectivity index (χ3n) is 7.27. The molecule has 4 aromatic rings. The second kappa shape index (κ2) is 12.6. The van der Waals surface area contributed by atoms with Gasteiger partial charge in [-0.3, -0.25) is 9.59 Å². The number of carbonyl (C=O) groups excluding carboxylic acids is 2. The highest BCUT2D eigenvalue weighted by Gasteiger charge is 2.27. The Bertz CT molecular complexity index is 1450. The largest absolute Gasteiger partial charge is 0.466 e. The number of unbranched alkanes of at least 4 members (excludes halogenated alkanes) is 1. The Balaban J connectivity index is 1.17. The molecule has 0 saturated carbocycles. The number of likely N-dealkylation sites (tertiary alicyclic amines) is 1. The first-order valence-electron chi connectivity index (χ1n) is 13.8. The van der Waals surface area contributed by atoms with Gasteiger partial charge in [-0.25, -0.2) is 4.98 Å². The standard InChI is InChI=1S/C30H35N5O3S/c1-3-38-29(37)23-14-16-34(17-15-23)26(36)11-7-8-18-39-30-31-28-27(32-33-30)24-19-21(2)12-13-25(24)35(28)20-22-9-5-4-6-10-22/h4-6,9-10,12-13,19,23H,3,7-8,11,14-18,20H2,1-2H3. The van der Waals surface area contributed by atoms with E-state index in [0.29, 0.717) is 50.7 Å². The van der Waals surface area contributed by atoms with E-state index in [2.05, 4.69) is 64.2 Å². The zero-order valence-corrected chi connectivity index (χ0v) is 23.5. The monoisotopic (exact) mass is 545 g/mol. The Morgan fingerprint density at radius 2 is 1.85 bits per heavy atom. The fraction of sp³-hybridized carbons (Fsp3) is 0.433. The van der Waals surface area contributed by atoms with Gasteiger partial charge in [-0.15, -0.1) is 10.2 Å². The summed E-state index contributed by atoms with van der Waals surface area (Å²) in [7, 11) is 0. The van der Waals surface area contributed by atoms with Gasteiger partial charge in [-0.2, -0.15) is 0 Å². The van der Waals surface area contributed by atoms with Crippen LogP contribution in [0.4, 0.5) is 0 Å². The Kier molecular flexibility index (Phi) is 8.76. The van der Waals surface area contributed by atoms with Gasteiger partial charge in [0.05, 0.1) is 18.0 Å². The first-order chi connectivity index (χ1) is 19.0. The van der Waals surface area contributed by atoms with Crippen molar-refractivity contribution in [2.45, 2.75) is 57.7 Å². The van der Waals surface area contributed by atoms with Gasteiger partial charge in [0.2, 0.25) is 11.1 Å². The molecule has 0 N–H and O–H groups in total. The highest BCUT2D eigenvalue weighted by molar-refractivity contribution is 7.99. The van der Waals surface area contributed by atoms with Crippen molar-refractivity contribution in [1.82, 2.24) is 24.6 Å². The lowest BCUT2D eigenvalue weighted by Crippen LogP contribution is -2.40. The molecule has 9 heteroatoms. The number of aromatic nitrogens is 4. The van der Waals surface area contributed by atoms with Crippen LogP contribution in [0.25, 0.3) is 22.1 Å². The SMILES string of the molecule is CCOC(=O)C1CCN(C(=O)CCCCSc2nnc3c4cc(C)ccc4n(Cc4ccccc4)c3n2)CC1. The topological polar surface area (TPSA) is 90.2 Å². The molecule has 5 rings (SSSR count). The lowest BCUT2D eigenvalue weighted by molar-refractivity contribution is -0.151. The van der Waals surface area contributed by atoms with Crippen molar-refractivity contribution < 1.29 is 14.3 Å². The molecule has 1 saturated heterocycles. The maximum atomic E-state index is 12.6. The maximum absolute atomic E-state index is 12.6.